The van der Waals surface area contributed by atoms with E-state index >= 15 is 0 Å². The highest BCUT2D eigenvalue weighted by molar-refractivity contribution is 5.82. The fraction of sp³-hybridized carbons (Fsp3) is 0.400. The minimum Gasteiger partial charge on any atom is -0.337 e. The van der Waals surface area contributed by atoms with Gasteiger partial charge in [0.05, 0.1) is 16.6 Å². The number of halogens is 3. The molecule has 0 aromatic carbocycles. The van der Waals surface area contributed by atoms with Crippen molar-refractivity contribution in [3.8, 4) is 0 Å². The number of fused-ring (bicyclic) bond motifs is 1. The lowest BCUT2D eigenvalue weighted by Gasteiger charge is -2.12. The number of hydrogen-bond acceptors (Lipinski definition) is 3. The van der Waals surface area contributed by atoms with E-state index in [-0.39, 0.29) is 22.4 Å². The van der Waals surface area contributed by atoms with Crippen LogP contribution in [0.1, 0.15) is 16.8 Å². The second kappa shape index (κ2) is 3.35. The summed E-state index contributed by atoms with van der Waals surface area (Å²) in [5.74, 6) is 0. The van der Waals surface area contributed by atoms with Gasteiger partial charge in [-0.15, -0.1) is 0 Å². The molecule has 0 saturated carbocycles. The zero-order chi connectivity index (χ0) is 13.0. The first kappa shape index (κ1) is 11.7. The third-order valence-electron chi connectivity index (χ3n) is 2.68. The van der Waals surface area contributed by atoms with Crippen LogP contribution in [0.15, 0.2) is 9.32 Å². The monoisotopic (exact) mass is 246 g/mol. The Labute approximate surface area is 93.6 Å². The standard InChI is InChI=1S/C10H9F3N2O2/c1-4-7(10(11,12)13)6-5(2)14-17-9(6)15(3)8(4)16/h1-3H3. The second-order valence-electron chi connectivity index (χ2n) is 3.81. The van der Waals surface area contributed by atoms with Crippen LogP contribution in [0.25, 0.3) is 11.1 Å². The first-order valence-corrected chi connectivity index (χ1v) is 4.78. The molecule has 0 aliphatic rings. The number of hydrogen-bond donors (Lipinski definition) is 0. The summed E-state index contributed by atoms with van der Waals surface area (Å²) in [4.78, 5) is 11.6. The summed E-state index contributed by atoms with van der Waals surface area (Å²) in [5, 5.41) is 3.32. The molecule has 0 amide bonds. The van der Waals surface area contributed by atoms with Crippen LogP contribution in [0.3, 0.4) is 0 Å². The van der Waals surface area contributed by atoms with Crippen molar-refractivity contribution in [2.24, 2.45) is 7.05 Å². The van der Waals surface area contributed by atoms with E-state index in [1.165, 1.54) is 14.0 Å². The molecule has 2 aromatic heterocycles. The number of nitrogens with zero attached hydrogens (tertiary/aromatic N) is 2. The van der Waals surface area contributed by atoms with Crippen LogP contribution in [0, 0.1) is 13.8 Å². The minimum absolute atomic E-state index is 0.117. The molecule has 0 fully saturated rings. The molecule has 0 atom stereocenters. The molecule has 2 heterocycles. The van der Waals surface area contributed by atoms with Gasteiger partial charge in [-0.1, -0.05) is 5.16 Å². The fourth-order valence-electron chi connectivity index (χ4n) is 1.87. The Morgan fingerprint density at radius 1 is 1.29 bits per heavy atom. The predicted octanol–water partition coefficient (Wildman–Crippen LogP) is 2.16. The average Bonchev–Trinajstić information content (AvgIpc) is 2.56. The lowest BCUT2D eigenvalue weighted by atomic mass is 10.1. The van der Waals surface area contributed by atoms with Gasteiger partial charge in [0, 0.05) is 12.6 Å². The van der Waals surface area contributed by atoms with Crippen molar-refractivity contribution in [1.82, 2.24) is 9.72 Å². The quantitative estimate of drug-likeness (QED) is 0.715. The Morgan fingerprint density at radius 3 is 2.41 bits per heavy atom. The first-order chi connectivity index (χ1) is 7.75. The molecule has 0 radical (unpaired) electrons. The highest BCUT2D eigenvalue weighted by Gasteiger charge is 2.38. The van der Waals surface area contributed by atoms with Crippen LogP contribution in [0.2, 0.25) is 0 Å². The van der Waals surface area contributed by atoms with E-state index in [0.29, 0.717) is 0 Å². The summed E-state index contributed by atoms with van der Waals surface area (Å²) >= 11 is 0. The molecule has 2 rings (SSSR count). The number of pyridine rings is 1. The topological polar surface area (TPSA) is 48.0 Å². The van der Waals surface area contributed by atoms with Crippen molar-refractivity contribution in [3.63, 3.8) is 0 Å². The molecule has 0 N–H and O–H groups in total. The van der Waals surface area contributed by atoms with Gasteiger partial charge in [-0.2, -0.15) is 13.2 Å². The Hall–Kier alpha value is -1.79. The normalized spacial score (nSPS) is 12.4. The molecule has 17 heavy (non-hydrogen) atoms. The lowest BCUT2D eigenvalue weighted by molar-refractivity contribution is -0.136. The largest absolute Gasteiger partial charge is 0.417 e. The smallest absolute Gasteiger partial charge is 0.337 e. The second-order valence-corrected chi connectivity index (χ2v) is 3.81. The number of rotatable bonds is 0. The van der Waals surface area contributed by atoms with Gasteiger partial charge in [-0.3, -0.25) is 9.36 Å². The number of aryl methyl sites for hydroxylation is 2. The van der Waals surface area contributed by atoms with Gasteiger partial charge < -0.3 is 4.52 Å². The minimum atomic E-state index is -4.61. The van der Waals surface area contributed by atoms with Crippen molar-refractivity contribution in [3.05, 3.63) is 27.2 Å². The first-order valence-electron chi connectivity index (χ1n) is 4.78. The van der Waals surface area contributed by atoms with Crippen LogP contribution in [-0.2, 0) is 13.2 Å². The molecule has 0 saturated heterocycles. The maximum atomic E-state index is 12.9. The van der Waals surface area contributed by atoms with Crippen molar-refractivity contribution in [2.75, 3.05) is 0 Å². The summed E-state index contributed by atoms with van der Waals surface area (Å²) in [6, 6.07) is 0. The van der Waals surface area contributed by atoms with E-state index in [0.717, 1.165) is 11.5 Å². The molecular weight excluding hydrogens is 237 g/mol. The number of aromatic nitrogens is 2. The Kier molecular flexibility index (Phi) is 2.30. The van der Waals surface area contributed by atoms with Crippen molar-refractivity contribution in [1.29, 1.82) is 0 Å². The van der Waals surface area contributed by atoms with Crippen molar-refractivity contribution < 1.29 is 17.7 Å². The molecule has 2 aromatic rings. The van der Waals surface area contributed by atoms with E-state index in [1.807, 2.05) is 0 Å². The van der Waals surface area contributed by atoms with E-state index in [1.54, 1.807) is 0 Å². The van der Waals surface area contributed by atoms with E-state index in [2.05, 4.69) is 5.16 Å². The Morgan fingerprint density at radius 2 is 1.88 bits per heavy atom. The number of alkyl halides is 3. The third kappa shape index (κ3) is 1.53. The summed E-state index contributed by atoms with van der Waals surface area (Å²) in [7, 11) is 1.35. The van der Waals surface area contributed by atoms with Crippen molar-refractivity contribution >= 4 is 11.1 Å². The van der Waals surface area contributed by atoms with Gasteiger partial charge >= 0.3 is 6.18 Å². The molecule has 0 aliphatic heterocycles. The maximum Gasteiger partial charge on any atom is 0.417 e. The third-order valence-corrected chi connectivity index (χ3v) is 2.68. The van der Waals surface area contributed by atoms with Gasteiger partial charge in [-0.25, -0.2) is 0 Å². The van der Waals surface area contributed by atoms with Gasteiger partial charge in [-0.05, 0) is 13.8 Å². The average molecular weight is 246 g/mol. The summed E-state index contributed by atoms with van der Waals surface area (Å²) in [6.45, 7) is 2.56. The molecule has 0 spiro atoms. The zero-order valence-corrected chi connectivity index (χ0v) is 9.34. The van der Waals surface area contributed by atoms with Crippen molar-refractivity contribution in [2.45, 2.75) is 20.0 Å². The zero-order valence-electron chi connectivity index (χ0n) is 9.34. The van der Waals surface area contributed by atoms with Crippen LogP contribution in [0.5, 0.6) is 0 Å². The van der Waals surface area contributed by atoms with Gasteiger partial charge in [0.1, 0.15) is 0 Å². The molecule has 0 aliphatic carbocycles. The summed E-state index contributed by atoms with van der Waals surface area (Å²) in [5.41, 5.74) is -2.09. The Bertz CT molecular complexity index is 652. The van der Waals surface area contributed by atoms with E-state index < -0.39 is 17.3 Å². The van der Waals surface area contributed by atoms with Crippen LogP contribution >= 0.6 is 0 Å². The van der Waals surface area contributed by atoms with Crippen LogP contribution in [0.4, 0.5) is 13.2 Å². The molecule has 7 heteroatoms. The summed E-state index contributed by atoms with van der Waals surface area (Å²) < 4.78 is 44.6. The molecule has 92 valence electrons. The molecular formula is C10H9F3N2O2. The van der Waals surface area contributed by atoms with Crippen LogP contribution < -0.4 is 5.56 Å². The summed E-state index contributed by atoms with van der Waals surface area (Å²) in [6.07, 6.45) is -4.61. The van der Waals surface area contributed by atoms with E-state index in [4.69, 9.17) is 4.52 Å². The predicted molar refractivity (Wildman–Crippen MR) is 53.7 cm³/mol. The molecule has 4 nitrogen and oxygen atoms in total. The molecule has 0 bridgehead atoms. The lowest BCUT2D eigenvalue weighted by Crippen LogP contribution is -2.24. The molecule has 0 unspecified atom stereocenters. The Balaban J connectivity index is 3.10. The maximum absolute atomic E-state index is 12.9. The van der Waals surface area contributed by atoms with Gasteiger partial charge in [0.15, 0.2) is 0 Å². The SMILES string of the molecule is Cc1c(C(F)(F)F)c2c(C)noc2n(C)c1=O. The highest BCUT2D eigenvalue weighted by atomic mass is 19.4. The van der Waals surface area contributed by atoms with Crippen LogP contribution in [-0.4, -0.2) is 9.72 Å². The van der Waals surface area contributed by atoms with Gasteiger partial charge in [0.25, 0.3) is 5.56 Å². The van der Waals surface area contributed by atoms with E-state index in [9.17, 15) is 18.0 Å². The fourth-order valence-corrected chi connectivity index (χ4v) is 1.87. The highest BCUT2D eigenvalue weighted by Crippen LogP contribution is 2.36. The van der Waals surface area contributed by atoms with Gasteiger partial charge in [0.2, 0.25) is 5.71 Å².